The number of hydrogen-bond donors (Lipinski definition) is 2. The molecular weight excluding hydrogens is 532 g/mol. The third-order valence-corrected chi connectivity index (χ3v) is 6.98. The quantitative estimate of drug-likeness (QED) is 0.218. The number of anilines is 3. The number of fused-ring (bicyclic) bond motifs is 1. The maximum Gasteiger partial charge on any atom is 0.270 e. The van der Waals surface area contributed by atoms with Crippen LogP contribution < -0.4 is 30.3 Å². The van der Waals surface area contributed by atoms with Crippen molar-refractivity contribution in [3.05, 3.63) is 72.1 Å². The molecule has 1 aliphatic rings. The summed E-state index contributed by atoms with van der Waals surface area (Å²) in [5, 5.41) is 1.31. The number of carbonyl (C=O) groups excluding carboxylic acids is 1. The van der Waals surface area contributed by atoms with Crippen LogP contribution in [-0.4, -0.2) is 90.2 Å². The van der Waals surface area contributed by atoms with Crippen LogP contribution in [0.4, 0.5) is 17.5 Å². The van der Waals surface area contributed by atoms with Crippen molar-refractivity contribution < 1.29 is 19.0 Å². The summed E-state index contributed by atoms with van der Waals surface area (Å²) < 4.78 is 16.0. The van der Waals surface area contributed by atoms with Crippen molar-refractivity contribution in [3.63, 3.8) is 0 Å². The van der Waals surface area contributed by atoms with Gasteiger partial charge in [0.1, 0.15) is 35.1 Å². The average molecular weight is 563 g/mol. The first-order valence-electron chi connectivity index (χ1n) is 13.5. The van der Waals surface area contributed by atoms with Gasteiger partial charge in [0, 0.05) is 55.4 Å². The highest BCUT2D eigenvalue weighted by molar-refractivity contribution is 6.40. The lowest BCUT2D eigenvalue weighted by molar-refractivity contribution is 0.0938. The molecule has 4 radical (unpaired) electrons. The van der Waals surface area contributed by atoms with Crippen LogP contribution in [0.2, 0.25) is 0 Å². The molecule has 11 nitrogen and oxygen atoms in total. The van der Waals surface area contributed by atoms with Gasteiger partial charge in [0.05, 0.1) is 29.4 Å². The van der Waals surface area contributed by atoms with Gasteiger partial charge in [-0.05, 0) is 42.5 Å². The number of ether oxygens (including phenoxy) is 3. The van der Waals surface area contributed by atoms with Crippen LogP contribution in [0.5, 0.6) is 11.5 Å². The molecule has 4 aromatic rings. The molecule has 0 saturated carbocycles. The summed E-state index contributed by atoms with van der Waals surface area (Å²) in [5.74, 6) is 1.28. The largest absolute Gasteiger partial charge is 0.494 e. The van der Waals surface area contributed by atoms with Gasteiger partial charge >= 0.3 is 0 Å². The second-order valence-corrected chi connectivity index (χ2v) is 9.80. The summed E-state index contributed by atoms with van der Waals surface area (Å²) in [6, 6.07) is 18.6. The van der Waals surface area contributed by atoms with E-state index in [-0.39, 0.29) is 11.6 Å². The van der Waals surface area contributed by atoms with E-state index >= 15 is 0 Å². The number of rotatable bonds is 10. The van der Waals surface area contributed by atoms with Crippen molar-refractivity contribution in [2.45, 2.75) is 5.34 Å². The van der Waals surface area contributed by atoms with Gasteiger partial charge in [0.2, 0.25) is 5.95 Å². The van der Waals surface area contributed by atoms with Crippen LogP contribution in [0, 0.1) is 0 Å². The first-order valence-corrected chi connectivity index (χ1v) is 13.5. The van der Waals surface area contributed by atoms with Gasteiger partial charge in [0.25, 0.3) is 5.91 Å². The fraction of sp³-hybridized carbons (Fsp3) is 0.310. The van der Waals surface area contributed by atoms with Crippen molar-refractivity contribution in [3.8, 4) is 11.5 Å². The van der Waals surface area contributed by atoms with Gasteiger partial charge in [-0.2, -0.15) is 0 Å². The Kier molecular flexibility index (Phi) is 8.67. The van der Waals surface area contributed by atoms with Gasteiger partial charge in [0.15, 0.2) is 0 Å². The van der Waals surface area contributed by atoms with Crippen molar-refractivity contribution in [2.24, 2.45) is 0 Å². The molecule has 1 saturated heterocycles. The molecule has 5 rings (SSSR count). The SMILES string of the molecule is [B]C([B])(NC(=O)c1nc(N)nc2c(OC)cccc12)c1cccc(N2CCN(c3ccc(OCCOC)cc3)CC2)n1. The number of nitrogen functional groups attached to an aromatic ring is 1. The van der Waals surface area contributed by atoms with Crippen LogP contribution in [0.25, 0.3) is 10.9 Å². The van der Waals surface area contributed by atoms with Crippen molar-refractivity contribution in [1.82, 2.24) is 20.3 Å². The van der Waals surface area contributed by atoms with Gasteiger partial charge in [-0.25, -0.2) is 15.0 Å². The number of nitrogens with zero attached hydrogens (tertiary/aromatic N) is 5. The molecule has 1 aliphatic heterocycles. The predicted octanol–water partition coefficient (Wildman–Crippen LogP) is 1.84. The molecule has 0 spiro atoms. The first kappa shape index (κ1) is 29.0. The topological polar surface area (TPSA) is 128 Å². The lowest BCUT2D eigenvalue weighted by atomic mass is 9.59. The molecule has 13 heteroatoms. The van der Waals surface area contributed by atoms with Crippen LogP contribution >= 0.6 is 0 Å². The Morgan fingerprint density at radius 2 is 1.64 bits per heavy atom. The highest BCUT2D eigenvalue weighted by atomic mass is 16.5. The maximum absolute atomic E-state index is 13.3. The molecule has 3 N–H and O–H groups in total. The third kappa shape index (κ3) is 6.36. The molecule has 212 valence electrons. The zero-order chi connectivity index (χ0) is 29.7. The monoisotopic (exact) mass is 563 g/mol. The van der Waals surface area contributed by atoms with Crippen molar-refractivity contribution in [2.75, 3.05) is 69.1 Å². The van der Waals surface area contributed by atoms with Gasteiger partial charge in [-0.15, -0.1) is 0 Å². The van der Waals surface area contributed by atoms with Crippen LogP contribution in [0.3, 0.4) is 0 Å². The Labute approximate surface area is 247 Å². The highest BCUT2D eigenvalue weighted by Crippen LogP contribution is 2.27. The second kappa shape index (κ2) is 12.6. The van der Waals surface area contributed by atoms with E-state index in [1.165, 1.54) is 7.11 Å². The van der Waals surface area contributed by atoms with Crippen LogP contribution in [-0.2, 0) is 10.1 Å². The number of nitrogens with one attached hydrogen (secondary N) is 1. The minimum Gasteiger partial charge on any atom is -0.494 e. The second-order valence-electron chi connectivity index (χ2n) is 9.80. The Balaban J connectivity index is 1.26. The number of hydrogen-bond acceptors (Lipinski definition) is 10. The number of methoxy groups -OCH3 is 2. The standard InChI is InChI=1S/C29H31B2N7O4/c1-40-17-18-42-20-11-9-19(10-12-20)37-13-15-38(16-14-37)24-8-4-7-23(33-24)29(30,31)36-27(39)26-21-5-3-6-22(41-2)25(21)34-28(32)35-26/h3-12H,13-18H2,1-2H3,(H,36,39)(H2,32,34,35). The number of para-hydroxylation sites is 1. The molecule has 1 amide bonds. The number of aromatic nitrogens is 3. The molecule has 2 aromatic heterocycles. The van der Waals surface area contributed by atoms with E-state index in [2.05, 4.69) is 37.2 Å². The van der Waals surface area contributed by atoms with Crippen molar-refractivity contribution in [1.29, 1.82) is 0 Å². The number of benzene rings is 2. The van der Waals surface area contributed by atoms with Crippen molar-refractivity contribution >= 4 is 50.0 Å². The number of piperazine rings is 1. The van der Waals surface area contributed by atoms with Crippen LogP contribution in [0.15, 0.2) is 60.7 Å². The smallest absolute Gasteiger partial charge is 0.270 e. The van der Waals surface area contributed by atoms with E-state index in [0.29, 0.717) is 41.4 Å². The maximum atomic E-state index is 13.3. The molecule has 2 aromatic carbocycles. The van der Waals surface area contributed by atoms with Gasteiger partial charge in [-0.3, -0.25) is 4.79 Å². The Hall–Kier alpha value is -4.51. The minimum atomic E-state index is -1.78. The van der Waals surface area contributed by atoms with E-state index < -0.39 is 11.2 Å². The average Bonchev–Trinajstić information content (AvgIpc) is 3.01. The summed E-state index contributed by atoms with van der Waals surface area (Å²) in [6.07, 6.45) is 0. The summed E-state index contributed by atoms with van der Waals surface area (Å²) in [4.78, 5) is 30.9. The summed E-state index contributed by atoms with van der Waals surface area (Å²) in [5.41, 5.74) is 7.74. The fourth-order valence-corrected chi connectivity index (χ4v) is 4.81. The Morgan fingerprint density at radius 1 is 0.929 bits per heavy atom. The number of carbonyl (C=O) groups is 1. The molecule has 42 heavy (non-hydrogen) atoms. The highest BCUT2D eigenvalue weighted by Gasteiger charge is 2.28. The predicted molar refractivity (Wildman–Crippen MR) is 164 cm³/mol. The summed E-state index contributed by atoms with van der Waals surface area (Å²) in [7, 11) is 16.0. The van der Waals surface area contributed by atoms with E-state index in [4.69, 9.17) is 40.6 Å². The first-order chi connectivity index (χ1) is 20.3. The fourth-order valence-electron chi connectivity index (χ4n) is 4.81. The molecule has 0 aliphatic carbocycles. The van der Waals surface area contributed by atoms with Crippen LogP contribution in [0.1, 0.15) is 16.2 Å². The zero-order valence-electron chi connectivity index (χ0n) is 23.6. The Morgan fingerprint density at radius 3 is 2.36 bits per heavy atom. The normalized spacial score (nSPS) is 13.7. The van der Waals surface area contributed by atoms with E-state index in [0.717, 1.165) is 37.6 Å². The Bertz CT molecular complexity index is 1550. The van der Waals surface area contributed by atoms with Gasteiger partial charge < -0.3 is 35.1 Å². The van der Waals surface area contributed by atoms with E-state index in [1.54, 1.807) is 31.4 Å². The van der Waals surface area contributed by atoms with Gasteiger partial charge in [-0.1, -0.05) is 18.2 Å². The number of amides is 1. The lowest BCUT2D eigenvalue weighted by Crippen LogP contribution is -2.49. The van der Waals surface area contributed by atoms with E-state index in [1.807, 2.05) is 24.3 Å². The molecule has 1 fully saturated rings. The summed E-state index contributed by atoms with van der Waals surface area (Å²) in [6.45, 7) is 4.14. The summed E-state index contributed by atoms with van der Waals surface area (Å²) >= 11 is 0. The molecule has 0 unspecified atom stereocenters. The lowest BCUT2D eigenvalue weighted by Gasteiger charge is -2.37. The zero-order valence-corrected chi connectivity index (χ0v) is 23.6. The molecule has 0 atom stereocenters. The number of nitrogens with two attached hydrogens (primary N) is 1. The van der Waals surface area contributed by atoms with E-state index in [9.17, 15) is 4.79 Å². The molecule has 0 bridgehead atoms. The molecular formula is C29H31B2N7O4. The minimum absolute atomic E-state index is 0.0264. The third-order valence-electron chi connectivity index (χ3n) is 6.98. The number of pyridine rings is 1. The molecule has 3 heterocycles.